The van der Waals surface area contributed by atoms with E-state index >= 15 is 0 Å². The van der Waals surface area contributed by atoms with Gasteiger partial charge < -0.3 is 24.3 Å². The molecule has 1 amide bonds. The predicted molar refractivity (Wildman–Crippen MR) is 105 cm³/mol. The molecule has 0 spiro atoms. The average molecular weight is 387 g/mol. The molecule has 0 heterocycles. The summed E-state index contributed by atoms with van der Waals surface area (Å²) in [7, 11) is 3.03. The van der Waals surface area contributed by atoms with Crippen molar-refractivity contribution in [1.29, 1.82) is 0 Å². The first-order valence-electron chi connectivity index (χ1n) is 8.80. The second-order valence-electron chi connectivity index (χ2n) is 6.21. The zero-order valence-corrected chi connectivity index (χ0v) is 16.6. The highest BCUT2D eigenvalue weighted by atomic mass is 16.6. The van der Waals surface area contributed by atoms with E-state index in [4.69, 9.17) is 18.9 Å². The summed E-state index contributed by atoms with van der Waals surface area (Å²) in [6.45, 7) is 4.99. The third-order valence-electron chi connectivity index (χ3n) is 3.95. The van der Waals surface area contributed by atoms with Crippen molar-refractivity contribution in [1.82, 2.24) is 0 Å². The molecule has 150 valence electrons. The fourth-order valence-corrected chi connectivity index (χ4v) is 2.42. The van der Waals surface area contributed by atoms with Gasteiger partial charge in [0.1, 0.15) is 5.75 Å². The summed E-state index contributed by atoms with van der Waals surface area (Å²) in [4.78, 5) is 24.5. The van der Waals surface area contributed by atoms with Crippen LogP contribution >= 0.6 is 0 Å². The zero-order chi connectivity index (χ0) is 20.7. The van der Waals surface area contributed by atoms with Gasteiger partial charge in [-0.3, -0.25) is 4.79 Å². The molecule has 2 aromatic rings. The number of hydrogen-bond donors (Lipinski definition) is 1. The monoisotopic (exact) mass is 387 g/mol. The number of aryl methyl sites for hydroxylation is 1. The Balaban J connectivity index is 1.93. The van der Waals surface area contributed by atoms with Gasteiger partial charge in [0.2, 0.25) is 0 Å². The number of methoxy groups -OCH3 is 2. The van der Waals surface area contributed by atoms with Gasteiger partial charge in [-0.15, -0.1) is 0 Å². The first-order chi connectivity index (χ1) is 13.3. The lowest BCUT2D eigenvalue weighted by Gasteiger charge is -2.18. The van der Waals surface area contributed by atoms with Gasteiger partial charge in [-0.25, -0.2) is 4.79 Å². The van der Waals surface area contributed by atoms with Crippen LogP contribution in [0.25, 0.3) is 0 Å². The van der Waals surface area contributed by atoms with E-state index < -0.39 is 24.1 Å². The highest BCUT2D eigenvalue weighted by molar-refractivity contribution is 5.95. The first-order valence-corrected chi connectivity index (χ1v) is 8.80. The summed E-state index contributed by atoms with van der Waals surface area (Å²) >= 11 is 0. The van der Waals surface area contributed by atoms with Crippen molar-refractivity contribution in [2.45, 2.75) is 33.0 Å². The van der Waals surface area contributed by atoms with E-state index in [1.807, 2.05) is 25.1 Å². The molecule has 0 bridgehead atoms. The number of amides is 1. The number of rotatable bonds is 8. The molecule has 7 heteroatoms. The number of esters is 1. The average Bonchev–Trinajstić information content (AvgIpc) is 2.67. The van der Waals surface area contributed by atoms with Gasteiger partial charge in [0.15, 0.2) is 23.7 Å². The lowest BCUT2D eigenvalue weighted by atomic mass is 10.2. The van der Waals surface area contributed by atoms with E-state index in [1.54, 1.807) is 31.2 Å². The van der Waals surface area contributed by atoms with Gasteiger partial charge in [0, 0.05) is 11.8 Å². The number of ether oxygens (including phenoxy) is 4. The number of anilines is 1. The topological polar surface area (TPSA) is 83.1 Å². The third kappa shape index (κ3) is 5.64. The summed E-state index contributed by atoms with van der Waals surface area (Å²) in [6.07, 6.45) is -1.85. The maximum Gasteiger partial charge on any atom is 0.347 e. The Morgan fingerprint density at radius 3 is 2.29 bits per heavy atom. The summed E-state index contributed by atoms with van der Waals surface area (Å²) in [5, 5.41) is 2.68. The highest BCUT2D eigenvalue weighted by Crippen LogP contribution is 2.29. The van der Waals surface area contributed by atoms with Crippen LogP contribution in [0.15, 0.2) is 42.5 Å². The van der Waals surface area contributed by atoms with E-state index in [1.165, 1.54) is 21.1 Å². The zero-order valence-electron chi connectivity index (χ0n) is 16.6. The SMILES string of the molecule is COc1ccc(NC(=O)[C@H](C)OC(=O)[C@@H](C)Oc2cccc(C)c2)cc1OC. The van der Waals surface area contributed by atoms with Crippen molar-refractivity contribution in [2.75, 3.05) is 19.5 Å². The molecule has 0 radical (unpaired) electrons. The molecule has 0 aliphatic carbocycles. The Kier molecular flexibility index (Phi) is 7.26. The molecule has 2 atom stereocenters. The Labute approximate surface area is 164 Å². The van der Waals surface area contributed by atoms with Gasteiger partial charge >= 0.3 is 5.97 Å². The van der Waals surface area contributed by atoms with Crippen LogP contribution in [0.1, 0.15) is 19.4 Å². The Bertz CT molecular complexity index is 835. The molecule has 1 N–H and O–H groups in total. The van der Waals surface area contributed by atoms with Crippen LogP contribution in [0.2, 0.25) is 0 Å². The largest absolute Gasteiger partial charge is 0.493 e. The summed E-state index contributed by atoms with van der Waals surface area (Å²) in [6, 6.07) is 12.3. The van der Waals surface area contributed by atoms with Gasteiger partial charge in [-0.1, -0.05) is 12.1 Å². The van der Waals surface area contributed by atoms with Gasteiger partial charge in [-0.05, 0) is 50.6 Å². The van der Waals surface area contributed by atoms with Crippen molar-refractivity contribution in [3.63, 3.8) is 0 Å². The number of carbonyl (C=O) groups is 2. The van der Waals surface area contributed by atoms with Crippen LogP contribution in [-0.4, -0.2) is 38.3 Å². The smallest absolute Gasteiger partial charge is 0.347 e. The third-order valence-corrected chi connectivity index (χ3v) is 3.95. The molecule has 0 saturated carbocycles. The molecule has 0 aliphatic rings. The summed E-state index contributed by atoms with van der Waals surface area (Å²) in [5.74, 6) is 0.485. The minimum atomic E-state index is -0.996. The van der Waals surface area contributed by atoms with Gasteiger partial charge in [-0.2, -0.15) is 0 Å². The standard InChI is InChI=1S/C21H25NO6/c1-13-7-6-8-17(11-13)27-15(3)21(24)28-14(2)20(23)22-16-9-10-18(25-4)19(12-16)26-5/h6-12,14-15H,1-5H3,(H,22,23)/t14-,15+/m0/s1. The van der Waals surface area contributed by atoms with Crippen LogP contribution < -0.4 is 19.5 Å². The Morgan fingerprint density at radius 1 is 0.929 bits per heavy atom. The molecule has 0 aliphatic heterocycles. The molecule has 2 aromatic carbocycles. The van der Waals surface area contributed by atoms with Crippen LogP contribution in [0, 0.1) is 6.92 Å². The quantitative estimate of drug-likeness (QED) is 0.700. The minimum Gasteiger partial charge on any atom is -0.493 e. The lowest BCUT2D eigenvalue weighted by molar-refractivity contribution is -0.159. The van der Waals surface area contributed by atoms with E-state index in [0.717, 1.165) is 5.56 Å². The van der Waals surface area contributed by atoms with Crippen molar-refractivity contribution in [3.8, 4) is 17.2 Å². The maximum absolute atomic E-state index is 12.3. The molecule has 0 aromatic heterocycles. The molecular formula is C21H25NO6. The molecule has 0 unspecified atom stereocenters. The minimum absolute atomic E-state index is 0.469. The van der Waals surface area contributed by atoms with Crippen molar-refractivity contribution in [2.24, 2.45) is 0 Å². The van der Waals surface area contributed by atoms with E-state index in [0.29, 0.717) is 22.9 Å². The second-order valence-corrected chi connectivity index (χ2v) is 6.21. The van der Waals surface area contributed by atoms with E-state index in [2.05, 4.69) is 5.32 Å². The van der Waals surface area contributed by atoms with Crippen LogP contribution in [0.5, 0.6) is 17.2 Å². The Hall–Kier alpha value is -3.22. The lowest BCUT2D eigenvalue weighted by Crippen LogP contribution is -2.35. The van der Waals surface area contributed by atoms with Crippen molar-refractivity contribution >= 4 is 17.6 Å². The summed E-state index contributed by atoms with van der Waals surface area (Å²) in [5.41, 5.74) is 1.51. The van der Waals surface area contributed by atoms with Crippen molar-refractivity contribution < 1.29 is 28.5 Å². The second kappa shape index (κ2) is 9.64. The normalized spacial score (nSPS) is 12.5. The first kappa shape index (κ1) is 21.1. The van der Waals surface area contributed by atoms with E-state index in [-0.39, 0.29) is 0 Å². The van der Waals surface area contributed by atoms with Gasteiger partial charge in [0.25, 0.3) is 5.91 Å². The number of benzene rings is 2. The maximum atomic E-state index is 12.3. The Morgan fingerprint density at radius 2 is 1.64 bits per heavy atom. The van der Waals surface area contributed by atoms with E-state index in [9.17, 15) is 9.59 Å². The molecule has 0 fully saturated rings. The van der Waals surface area contributed by atoms with Crippen LogP contribution in [-0.2, 0) is 14.3 Å². The molecule has 2 rings (SSSR count). The summed E-state index contributed by atoms with van der Waals surface area (Å²) < 4.78 is 21.2. The number of hydrogen-bond acceptors (Lipinski definition) is 6. The van der Waals surface area contributed by atoms with Gasteiger partial charge in [0.05, 0.1) is 14.2 Å². The fraction of sp³-hybridized carbons (Fsp3) is 0.333. The molecular weight excluding hydrogens is 362 g/mol. The highest BCUT2D eigenvalue weighted by Gasteiger charge is 2.23. The molecule has 28 heavy (non-hydrogen) atoms. The predicted octanol–water partition coefficient (Wildman–Crippen LogP) is 3.35. The number of carbonyl (C=O) groups excluding carboxylic acids is 2. The van der Waals surface area contributed by atoms with Crippen LogP contribution in [0.3, 0.4) is 0 Å². The number of nitrogens with one attached hydrogen (secondary N) is 1. The van der Waals surface area contributed by atoms with Crippen LogP contribution in [0.4, 0.5) is 5.69 Å². The van der Waals surface area contributed by atoms with Crippen molar-refractivity contribution in [3.05, 3.63) is 48.0 Å². The molecule has 7 nitrogen and oxygen atoms in total. The fourth-order valence-electron chi connectivity index (χ4n) is 2.42. The molecule has 0 saturated heterocycles.